The van der Waals surface area contributed by atoms with Gasteiger partial charge in [-0.2, -0.15) is 0 Å². The summed E-state index contributed by atoms with van der Waals surface area (Å²) in [6, 6.07) is 1.73. The van der Waals surface area contributed by atoms with Gasteiger partial charge in [-0.15, -0.1) is 0 Å². The van der Waals surface area contributed by atoms with Crippen molar-refractivity contribution in [2.24, 2.45) is 5.92 Å². The fourth-order valence-electron chi connectivity index (χ4n) is 3.18. The molecule has 1 aliphatic carbocycles. The minimum atomic E-state index is 0.178. The molecule has 2 aromatic heterocycles. The number of fused-ring (bicyclic) bond motifs is 1. The number of hydrogen-bond donors (Lipinski definition) is 1. The van der Waals surface area contributed by atoms with Crippen molar-refractivity contribution in [1.82, 2.24) is 9.97 Å². The molecule has 1 N–H and O–H groups in total. The van der Waals surface area contributed by atoms with Gasteiger partial charge in [-0.25, -0.2) is 4.98 Å². The van der Waals surface area contributed by atoms with Gasteiger partial charge in [0.1, 0.15) is 5.65 Å². The van der Waals surface area contributed by atoms with E-state index in [0.717, 1.165) is 17.7 Å². The largest absolute Gasteiger partial charge is 0.345 e. The topological polar surface area (TPSA) is 45.8 Å². The van der Waals surface area contributed by atoms with Gasteiger partial charge in [-0.3, -0.25) is 4.79 Å². The van der Waals surface area contributed by atoms with Gasteiger partial charge in [0.25, 0.3) is 0 Å². The number of H-pyrrole nitrogens is 1. The van der Waals surface area contributed by atoms with Crippen LogP contribution in [0, 0.1) is 5.92 Å². The molecule has 2 heterocycles. The first-order valence-electron chi connectivity index (χ1n) is 7.40. The number of aromatic nitrogens is 2. The summed E-state index contributed by atoms with van der Waals surface area (Å²) in [5, 5.41) is 1.36. The Bertz CT molecular complexity index is 614. The van der Waals surface area contributed by atoms with Gasteiger partial charge in [0.2, 0.25) is 0 Å². The minimum absolute atomic E-state index is 0.178. The third-order valence-electron chi connectivity index (χ3n) is 4.33. The van der Waals surface area contributed by atoms with Crippen LogP contribution in [0.15, 0.2) is 18.5 Å². The number of nitrogens with zero attached hydrogens (tertiary/aromatic N) is 1. The Balaban J connectivity index is 1.72. The van der Waals surface area contributed by atoms with Crippen molar-refractivity contribution in [1.29, 1.82) is 0 Å². The zero-order valence-electron chi connectivity index (χ0n) is 11.5. The second-order valence-corrected chi connectivity index (χ2v) is 6.09. The van der Waals surface area contributed by atoms with Gasteiger partial charge < -0.3 is 4.98 Å². The summed E-state index contributed by atoms with van der Waals surface area (Å²) in [7, 11) is 0. The van der Waals surface area contributed by atoms with E-state index in [2.05, 4.69) is 9.97 Å². The molecule has 0 amide bonds. The fourth-order valence-corrected chi connectivity index (χ4v) is 3.43. The lowest BCUT2D eigenvalue weighted by atomic mass is 9.85. The van der Waals surface area contributed by atoms with Crippen LogP contribution in [0.25, 0.3) is 11.0 Å². The van der Waals surface area contributed by atoms with E-state index in [9.17, 15) is 4.79 Å². The molecule has 0 spiro atoms. The highest BCUT2D eigenvalue weighted by atomic mass is 35.5. The molecule has 2 aromatic rings. The van der Waals surface area contributed by atoms with Crippen molar-refractivity contribution in [3.05, 3.63) is 29.0 Å². The van der Waals surface area contributed by atoms with Crippen LogP contribution in [0.4, 0.5) is 0 Å². The molecule has 0 unspecified atom stereocenters. The molecule has 0 atom stereocenters. The quantitative estimate of drug-likeness (QED) is 0.825. The second-order valence-electron chi connectivity index (χ2n) is 5.68. The molecule has 0 aromatic carbocycles. The van der Waals surface area contributed by atoms with Crippen LogP contribution in [0.5, 0.6) is 0 Å². The number of rotatable bonds is 4. The first-order valence-corrected chi connectivity index (χ1v) is 7.78. The van der Waals surface area contributed by atoms with Gasteiger partial charge in [-0.05, 0) is 18.4 Å². The SMILES string of the molecule is O=C(CCC1CCCCC1)c1c[nH]c2nccc(Cl)c12. The van der Waals surface area contributed by atoms with E-state index in [1.165, 1.54) is 32.1 Å². The van der Waals surface area contributed by atoms with Crippen LogP contribution in [0.3, 0.4) is 0 Å². The van der Waals surface area contributed by atoms with Crippen molar-refractivity contribution in [2.45, 2.75) is 44.9 Å². The lowest BCUT2D eigenvalue weighted by molar-refractivity contribution is 0.0972. The minimum Gasteiger partial charge on any atom is -0.345 e. The summed E-state index contributed by atoms with van der Waals surface area (Å²) in [5.74, 6) is 0.906. The predicted octanol–water partition coefficient (Wildman–Crippen LogP) is 4.76. The average Bonchev–Trinajstić information content (AvgIpc) is 2.91. The van der Waals surface area contributed by atoms with Crippen molar-refractivity contribution < 1.29 is 4.79 Å². The number of aromatic amines is 1. The highest BCUT2D eigenvalue weighted by Gasteiger charge is 2.18. The average molecular weight is 291 g/mol. The molecule has 0 radical (unpaired) electrons. The van der Waals surface area contributed by atoms with E-state index < -0.39 is 0 Å². The van der Waals surface area contributed by atoms with Crippen LogP contribution in [0.1, 0.15) is 55.3 Å². The molecule has 4 heteroatoms. The maximum absolute atomic E-state index is 12.4. The molecule has 1 saturated carbocycles. The second kappa shape index (κ2) is 5.96. The maximum atomic E-state index is 12.4. The molecule has 3 nitrogen and oxygen atoms in total. The summed E-state index contributed by atoms with van der Waals surface area (Å²) in [5.41, 5.74) is 1.38. The Morgan fingerprint density at radius 1 is 1.35 bits per heavy atom. The lowest BCUT2D eigenvalue weighted by Gasteiger charge is -2.20. The first kappa shape index (κ1) is 13.6. The van der Waals surface area contributed by atoms with Crippen LogP contribution < -0.4 is 0 Å². The van der Waals surface area contributed by atoms with Crippen LogP contribution >= 0.6 is 11.6 Å². The monoisotopic (exact) mass is 290 g/mol. The first-order chi connectivity index (χ1) is 9.75. The summed E-state index contributed by atoms with van der Waals surface area (Å²) in [6.07, 6.45) is 11.6. The number of halogens is 1. The van der Waals surface area contributed by atoms with E-state index in [4.69, 9.17) is 11.6 Å². The zero-order chi connectivity index (χ0) is 13.9. The predicted molar refractivity (Wildman–Crippen MR) is 81.2 cm³/mol. The van der Waals surface area contributed by atoms with Gasteiger partial charge in [0, 0.05) is 29.8 Å². The summed E-state index contributed by atoms with van der Waals surface area (Å²) in [4.78, 5) is 19.6. The van der Waals surface area contributed by atoms with E-state index in [1.807, 2.05) is 0 Å². The molecule has 20 heavy (non-hydrogen) atoms. The van der Waals surface area contributed by atoms with Crippen LogP contribution in [0.2, 0.25) is 5.02 Å². The number of pyridine rings is 1. The fraction of sp³-hybridized carbons (Fsp3) is 0.500. The zero-order valence-corrected chi connectivity index (χ0v) is 12.2. The van der Waals surface area contributed by atoms with E-state index >= 15 is 0 Å². The van der Waals surface area contributed by atoms with Crippen molar-refractivity contribution in [3.8, 4) is 0 Å². The van der Waals surface area contributed by atoms with Gasteiger partial charge in [0.15, 0.2) is 5.78 Å². The molecule has 106 valence electrons. The highest BCUT2D eigenvalue weighted by molar-refractivity contribution is 6.36. The third kappa shape index (κ3) is 2.73. The number of carbonyl (C=O) groups excluding carboxylic acids is 1. The number of Topliss-reactive ketones (excluding diaryl/α,β-unsaturated/α-hetero) is 1. The molecule has 3 rings (SSSR count). The number of carbonyl (C=O) groups is 1. The van der Waals surface area contributed by atoms with E-state index in [0.29, 0.717) is 22.7 Å². The van der Waals surface area contributed by atoms with Gasteiger partial charge >= 0.3 is 0 Å². The summed E-state index contributed by atoms with van der Waals surface area (Å²) >= 11 is 6.18. The molecular weight excluding hydrogens is 272 g/mol. The normalized spacial score (nSPS) is 16.6. The van der Waals surface area contributed by atoms with Crippen molar-refractivity contribution in [2.75, 3.05) is 0 Å². The third-order valence-corrected chi connectivity index (χ3v) is 4.64. The molecule has 0 aliphatic heterocycles. The van der Waals surface area contributed by atoms with Gasteiger partial charge in [0.05, 0.1) is 5.02 Å². The molecule has 0 saturated heterocycles. The lowest BCUT2D eigenvalue weighted by Crippen LogP contribution is -2.09. The Morgan fingerprint density at radius 3 is 2.95 bits per heavy atom. The Kier molecular flexibility index (Phi) is 4.06. The van der Waals surface area contributed by atoms with Crippen LogP contribution in [-0.4, -0.2) is 15.8 Å². The highest BCUT2D eigenvalue weighted by Crippen LogP contribution is 2.30. The Hall–Kier alpha value is -1.35. The number of nitrogens with one attached hydrogen (secondary N) is 1. The Labute approximate surface area is 123 Å². The maximum Gasteiger partial charge on any atom is 0.165 e. The number of ketones is 1. The van der Waals surface area contributed by atoms with Crippen LogP contribution in [-0.2, 0) is 0 Å². The summed E-state index contributed by atoms with van der Waals surface area (Å²) in [6.45, 7) is 0. The smallest absolute Gasteiger partial charge is 0.165 e. The molecular formula is C16H19ClN2O. The van der Waals surface area contributed by atoms with E-state index in [1.54, 1.807) is 18.5 Å². The standard InChI is InChI=1S/C16H19ClN2O/c17-13-8-9-18-16-15(13)12(10-19-16)14(20)7-6-11-4-2-1-3-5-11/h8-11H,1-7H2,(H,18,19). The van der Waals surface area contributed by atoms with Crippen molar-refractivity contribution in [3.63, 3.8) is 0 Å². The summed E-state index contributed by atoms with van der Waals surface area (Å²) < 4.78 is 0. The molecule has 1 aliphatic rings. The van der Waals surface area contributed by atoms with E-state index in [-0.39, 0.29) is 5.78 Å². The van der Waals surface area contributed by atoms with Crippen molar-refractivity contribution >= 4 is 28.4 Å². The van der Waals surface area contributed by atoms with Gasteiger partial charge in [-0.1, -0.05) is 43.7 Å². The molecule has 1 fully saturated rings. The Morgan fingerprint density at radius 2 is 2.15 bits per heavy atom. The number of hydrogen-bond acceptors (Lipinski definition) is 2. The molecule has 0 bridgehead atoms.